The molecule has 1 saturated heterocycles. The number of phenols is 1. The lowest BCUT2D eigenvalue weighted by Gasteiger charge is -2.23. The van der Waals surface area contributed by atoms with Crippen molar-refractivity contribution in [3.05, 3.63) is 23.8 Å². The van der Waals surface area contributed by atoms with Crippen LogP contribution in [0.1, 0.15) is 30.1 Å². The average Bonchev–Trinajstić information content (AvgIpc) is 2.86. The van der Waals surface area contributed by atoms with Gasteiger partial charge in [-0.2, -0.15) is 0 Å². The molecular formula is C14H18N2O5. The third kappa shape index (κ3) is 3.85. The summed E-state index contributed by atoms with van der Waals surface area (Å²) < 4.78 is 5.55. The molecule has 0 bridgehead atoms. The van der Waals surface area contributed by atoms with Crippen LogP contribution >= 0.6 is 0 Å². The van der Waals surface area contributed by atoms with Crippen LogP contribution in [0.3, 0.4) is 0 Å². The van der Waals surface area contributed by atoms with E-state index in [-0.39, 0.29) is 22.6 Å². The number of carboxylic acids is 1. The van der Waals surface area contributed by atoms with Crippen molar-refractivity contribution in [3.8, 4) is 5.75 Å². The molecule has 1 aromatic rings. The molecule has 114 valence electrons. The van der Waals surface area contributed by atoms with Gasteiger partial charge in [-0.3, -0.25) is 0 Å². The van der Waals surface area contributed by atoms with Crippen LogP contribution in [-0.4, -0.2) is 41.0 Å². The number of ether oxygens (including phenoxy) is 1. The Morgan fingerprint density at radius 3 is 2.76 bits per heavy atom. The van der Waals surface area contributed by atoms with Gasteiger partial charge in [0.15, 0.2) is 0 Å². The minimum atomic E-state index is -1.15. The van der Waals surface area contributed by atoms with Crippen molar-refractivity contribution in [1.29, 1.82) is 0 Å². The van der Waals surface area contributed by atoms with E-state index in [2.05, 4.69) is 10.6 Å². The Morgan fingerprint density at radius 2 is 2.19 bits per heavy atom. The third-order valence-corrected chi connectivity index (χ3v) is 3.42. The first kappa shape index (κ1) is 15.1. The van der Waals surface area contributed by atoms with Gasteiger partial charge in [0.05, 0.1) is 16.9 Å². The SMILES string of the molecule is CC1(CNC(=O)Nc2ccc(C(=O)O)cc2O)CCCO1. The van der Waals surface area contributed by atoms with Gasteiger partial charge in [-0.1, -0.05) is 0 Å². The van der Waals surface area contributed by atoms with Gasteiger partial charge < -0.3 is 25.6 Å². The summed E-state index contributed by atoms with van der Waals surface area (Å²) in [5.74, 6) is -1.44. The van der Waals surface area contributed by atoms with Crippen molar-refractivity contribution in [2.24, 2.45) is 0 Å². The smallest absolute Gasteiger partial charge is 0.335 e. The fraction of sp³-hybridized carbons (Fsp3) is 0.429. The molecule has 4 N–H and O–H groups in total. The molecule has 1 heterocycles. The quantitative estimate of drug-likeness (QED) is 0.633. The molecule has 21 heavy (non-hydrogen) atoms. The second-order valence-corrected chi connectivity index (χ2v) is 5.25. The molecule has 0 aliphatic carbocycles. The highest BCUT2D eigenvalue weighted by Gasteiger charge is 2.30. The fourth-order valence-electron chi connectivity index (χ4n) is 2.18. The summed E-state index contributed by atoms with van der Waals surface area (Å²) >= 11 is 0. The van der Waals surface area contributed by atoms with Crippen LogP contribution in [0.25, 0.3) is 0 Å². The Balaban J connectivity index is 1.92. The number of hydrogen-bond acceptors (Lipinski definition) is 4. The number of rotatable bonds is 4. The minimum absolute atomic E-state index is 0.0506. The average molecular weight is 294 g/mol. The molecule has 1 unspecified atom stereocenters. The monoisotopic (exact) mass is 294 g/mol. The van der Waals surface area contributed by atoms with E-state index in [1.807, 2.05) is 6.92 Å². The van der Waals surface area contributed by atoms with E-state index in [1.54, 1.807) is 0 Å². The molecule has 1 fully saturated rings. The molecule has 0 radical (unpaired) electrons. The van der Waals surface area contributed by atoms with Gasteiger partial charge in [-0.25, -0.2) is 9.59 Å². The summed E-state index contributed by atoms with van der Waals surface area (Å²) in [6.45, 7) is 2.99. The third-order valence-electron chi connectivity index (χ3n) is 3.42. The summed E-state index contributed by atoms with van der Waals surface area (Å²) in [4.78, 5) is 22.5. The molecule has 1 aliphatic heterocycles. The zero-order valence-corrected chi connectivity index (χ0v) is 11.7. The molecule has 2 rings (SSSR count). The van der Waals surface area contributed by atoms with Crippen LogP contribution in [-0.2, 0) is 4.74 Å². The Morgan fingerprint density at radius 1 is 1.43 bits per heavy atom. The van der Waals surface area contributed by atoms with E-state index >= 15 is 0 Å². The first-order valence-electron chi connectivity index (χ1n) is 6.65. The molecule has 1 aromatic carbocycles. The van der Waals surface area contributed by atoms with E-state index in [0.717, 1.165) is 18.9 Å². The van der Waals surface area contributed by atoms with Crippen molar-refractivity contribution < 1.29 is 24.5 Å². The molecule has 7 heteroatoms. The van der Waals surface area contributed by atoms with E-state index in [0.29, 0.717) is 13.2 Å². The second-order valence-electron chi connectivity index (χ2n) is 5.25. The number of carbonyl (C=O) groups is 2. The minimum Gasteiger partial charge on any atom is -0.506 e. The lowest BCUT2D eigenvalue weighted by Crippen LogP contribution is -2.41. The number of carboxylic acid groups (broad SMARTS) is 1. The molecule has 1 atom stereocenters. The maximum atomic E-state index is 11.8. The number of aromatic carboxylic acids is 1. The van der Waals surface area contributed by atoms with Gasteiger partial charge in [-0.05, 0) is 38.0 Å². The number of phenolic OH excluding ortho intramolecular Hbond substituents is 1. The summed E-state index contributed by atoms with van der Waals surface area (Å²) in [6, 6.07) is 3.25. The number of carbonyl (C=O) groups excluding carboxylic acids is 1. The van der Waals surface area contributed by atoms with Crippen LogP contribution in [0.4, 0.5) is 10.5 Å². The van der Waals surface area contributed by atoms with E-state index < -0.39 is 12.0 Å². The molecule has 2 amide bonds. The molecule has 0 saturated carbocycles. The van der Waals surface area contributed by atoms with Gasteiger partial charge >= 0.3 is 12.0 Å². The van der Waals surface area contributed by atoms with Crippen molar-refractivity contribution >= 4 is 17.7 Å². The van der Waals surface area contributed by atoms with Crippen LogP contribution in [0.2, 0.25) is 0 Å². The maximum absolute atomic E-state index is 11.8. The van der Waals surface area contributed by atoms with Gasteiger partial charge in [0, 0.05) is 13.2 Å². The molecule has 1 aliphatic rings. The Kier molecular flexibility index (Phi) is 4.32. The lowest BCUT2D eigenvalue weighted by atomic mass is 10.0. The summed E-state index contributed by atoms with van der Waals surface area (Å²) in [5.41, 5.74) is -0.257. The number of nitrogens with one attached hydrogen (secondary N) is 2. The Bertz CT molecular complexity index is 552. The largest absolute Gasteiger partial charge is 0.506 e. The highest BCUT2D eigenvalue weighted by molar-refractivity contribution is 5.93. The van der Waals surface area contributed by atoms with E-state index in [4.69, 9.17) is 9.84 Å². The molecule has 7 nitrogen and oxygen atoms in total. The van der Waals surface area contributed by atoms with Crippen LogP contribution in [0.15, 0.2) is 18.2 Å². The van der Waals surface area contributed by atoms with Gasteiger partial charge in [0.1, 0.15) is 5.75 Å². The van der Waals surface area contributed by atoms with Crippen LogP contribution < -0.4 is 10.6 Å². The first-order chi connectivity index (χ1) is 9.89. The van der Waals surface area contributed by atoms with Crippen LogP contribution in [0.5, 0.6) is 5.75 Å². The van der Waals surface area contributed by atoms with Gasteiger partial charge in [-0.15, -0.1) is 0 Å². The van der Waals surface area contributed by atoms with Crippen molar-refractivity contribution in [2.75, 3.05) is 18.5 Å². The normalized spacial score (nSPS) is 21.0. The fourth-order valence-corrected chi connectivity index (χ4v) is 2.18. The van der Waals surface area contributed by atoms with Crippen molar-refractivity contribution in [3.63, 3.8) is 0 Å². The number of urea groups is 1. The number of anilines is 1. The van der Waals surface area contributed by atoms with Crippen molar-refractivity contribution in [1.82, 2.24) is 5.32 Å². The zero-order valence-electron chi connectivity index (χ0n) is 11.7. The van der Waals surface area contributed by atoms with Crippen LogP contribution in [0, 0.1) is 0 Å². The second kappa shape index (κ2) is 6.01. The molecule has 0 aromatic heterocycles. The Hall–Kier alpha value is -2.28. The standard InChI is InChI=1S/C14H18N2O5/c1-14(5-2-6-21-14)8-15-13(20)16-10-4-3-9(12(18)19)7-11(10)17/h3-4,7,17H,2,5-6,8H2,1H3,(H,18,19)(H2,15,16,20). The van der Waals surface area contributed by atoms with Crippen molar-refractivity contribution in [2.45, 2.75) is 25.4 Å². The predicted octanol–water partition coefficient (Wildman–Crippen LogP) is 1.78. The number of amides is 2. The van der Waals surface area contributed by atoms with E-state index in [1.165, 1.54) is 12.1 Å². The Labute approximate surface area is 121 Å². The molecule has 0 spiro atoms. The highest BCUT2D eigenvalue weighted by atomic mass is 16.5. The number of aromatic hydroxyl groups is 1. The topological polar surface area (TPSA) is 108 Å². The maximum Gasteiger partial charge on any atom is 0.335 e. The summed E-state index contributed by atoms with van der Waals surface area (Å²) in [5, 5.41) is 23.6. The predicted molar refractivity (Wildman–Crippen MR) is 75.7 cm³/mol. The number of benzene rings is 1. The summed E-state index contributed by atoms with van der Waals surface area (Å²) in [7, 11) is 0. The first-order valence-corrected chi connectivity index (χ1v) is 6.65. The van der Waals surface area contributed by atoms with E-state index in [9.17, 15) is 14.7 Å². The number of hydrogen-bond donors (Lipinski definition) is 4. The van der Waals surface area contributed by atoms with Gasteiger partial charge in [0.25, 0.3) is 0 Å². The zero-order chi connectivity index (χ0) is 15.5. The highest BCUT2D eigenvalue weighted by Crippen LogP contribution is 2.25. The summed E-state index contributed by atoms with van der Waals surface area (Å²) in [6.07, 6.45) is 1.85. The van der Waals surface area contributed by atoms with Gasteiger partial charge in [0.2, 0.25) is 0 Å². The lowest BCUT2D eigenvalue weighted by molar-refractivity contribution is 0.0232. The molecular weight excluding hydrogens is 276 g/mol.